The molecule has 2 saturated heterocycles. The van der Waals surface area contributed by atoms with Crippen LogP contribution < -0.4 is 21.3 Å². The van der Waals surface area contributed by atoms with Crippen LogP contribution in [0.5, 0.6) is 0 Å². The summed E-state index contributed by atoms with van der Waals surface area (Å²) in [5, 5.41) is 22.3. The highest BCUT2D eigenvalue weighted by Crippen LogP contribution is 2.40. The molecule has 20 heteroatoms. The quantitative estimate of drug-likeness (QED) is 0.102. The minimum absolute atomic E-state index is 0.0237. The predicted octanol–water partition coefficient (Wildman–Crippen LogP) is -3.31. The topological polar surface area (TPSA) is 226 Å². The first-order valence-corrected chi connectivity index (χ1v) is 15.0. The molecule has 1 aromatic heterocycles. The number of piperazine rings is 1. The van der Waals surface area contributed by atoms with Crippen LogP contribution in [-0.2, 0) is 29.4 Å². The lowest BCUT2D eigenvalue weighted by Crippen LogP contribution is -2.71. The Balaban J connectivity index is 1.44. The van der Waals surface area contributed by atoms with Crippen LogP contribution >= 0.6 is 23.3 Å². The number of nitrogen functional groups attached to an aromatic ring is 1. The number of hydrogen-bond acceptors (Lipinski definition) is 13. The van der Waals surface area contributed by atoms with Crippen LogP contribution in [-0.4, -0.2) is 119 Å². The number of hydrogen-bond donors (Lipinski definition) is 3. The fourth-order valence-electron chi connectivity index (χ4n) is 4.39. The number of likely N-dealkylation sites (N-methyl/N-ethyl adjacent to an activating group) is 1. The molecule has 40 heavy (non-hydrogen) atoms. The third kappa shape index (κ3) is 6.25. The highest BCUT2D eigenvalue weighted by atomic mass is 32.2. The van der Waals surface area contributed by atoms with E-state index in [1.54, 1.807) is 12.2 Å². The number of carbonyl (C=O) groups excluding carboxylic acids is 3. The number of nitrogens with zero attached hydrogens (tertiary/aromatic N) is 6. The summed E-state index contributed by atoms with van der Waals surface area (Å²) in [7, 11) is -1.81. The van der Waals surface area contributed by atoms with Gasteiger partial charge in [0.05, 0.1) is 51.4 Å². The van der Waals surface area contributed by atoms with Crippen LogP contribution in [0.1, 0.15) is 5.82 Å². The Morgan fingerprint density at radius 1 is 1.38 bits per heavy atom. The van der Waals surface area contributed by atoms with E-state index in [9.17, 15) is 32.3 Å². The van der Waals surface area contributed by atoms with Crippen LogP contribution in [0.25, 0.3) is 0 Å². The number of thioether (sulfide) groups is 1. The molecule has 2 atom stereocenters. The number of nitrogens with one attached hydrogen (secondary N) is 1. The van der Waals surface area contributed by atoms with Crippen molar-refractivity contribution < 1.29 is 41.6 Å². The number of carboxylic acids is 1. The van der Waals surface area contributed by atoms with E-state index in [0.717, 1.165) is 16.4 Å². The lowest BCUT2D eigenvalue weighted by atomic mass is 10.0. The average Bonchev–Trinajstić information content (AvgIpc) is 3.32. The normalized spacial score (nSPS) is 23.6. The van der Waals surface area contributed by atoms with Crippen molar-refractivity contribution >= 4 is 62.1 Å². The zero-order chi connectivity index (χ0) is 29.2. The summed E-state index contributed by atoms with van der Waals surface area (Å²) >= 11 is 2.00. The maximum absolute atomic E-state index is 13.0. The summed E-state index contributed by atoms with van der Waals surface area (Å²) in [4.78, 5) is 47.0. The summed E-state index contributed by atoms with van der Waals surface area (Å²) in [6, 6.07) is -1.11. The molecule has 0 unspecified atom stereocenters. The van der Waals surface area contributed by atoms with Crippen LogP contribution in [0.3, 0.4) is 0 Å². The first-order chi connectivity index (χ1) is 18.8. The van der Waals surface area contributed by atoms with E-state index >= 15 is 0 Å². The van der Waals surface area contributed by atoms with Gasteiger partial charge < -0.3 is 30.3 Å². The Labute approximate surface area is 236 Å². The average molecular weight is 620 g/mol. The molecule has 2 amide bonds. The van der Waals surface area contributed by atoms with Gasteiger partial charge in [0.15, 0.2) is 5.13 Å². The van der Waals surface area contributed by atoms with Gasteiger partial charge in [-0.15, -0.1) is 11.8 Å². The van der Waals surface area contributed by atoms with Gasteiger partial charge in [-0.05, 0) is 11.6 Å². The van der Waals surface area contributed by atoms with Crippen molar-refractivity contribution in [3.8, 4) is 0 Å². The van der Waals surface area contributed by atoms with E-state index in [1.807, 2.05) is 7.05 Å². The monoisotopic (exact) mass is 619 g/mol. The second-order valence-electron chi connectivity index (χ2n) is 9.25. The van der Waals surface area contributed by atoms with Crippen molar-refractivity contribution in [3.63, 3.8) is 0 Å². The number of carbonyl (C=O) groups is 3. The number of anilines is 1. The Morgan fingerprint density at radius 3 is 2.65 bits per heavy atom. The second kappa shape index (κ2) is 11.7. The first-order valence-electron chi connectivity index (χ1n) is 11.7. The van der Waals surface area contributed by atoms with E-state index in [2.05, 4.69) is 24.7 Å². The van der Waals surface area contributed by atoms with Gasteiger partial charge in [-0.2, -0.15) is 22.1 Å². The van der Waals surface area contributed by atoms with Crippen molar-refractivity contribution in [2.45, 2.75) is 11.4 Å². The molecule has 16 nitrogen and oxygen atoms in total. The summed E-state index contributed by atoms with van der Waals surface area (Å²) in [5.41, 5.74) is 5.08. The molecule has 0 radical (unpaired) electrons. The second-order valence-corrected chi connectivity index (χ2v) is 12.7. The molecule has 0 aliphatic carbocycles. The first kappa shape index (κ1) is 29.8. The highest BCUT2D eigenvalue weighted by Gasteiger charge is 2.53. The van der Waals surface area contributed by atoms with Gasteiger partial charge in [-0.1, -0.05) is 11.2 Å². The van der Waals surface area contributed by atoms with Crippen LogP contribution in [0.4, 0.5) is 9.52 Å². The molecule has 0 spiro atoms. The summed E-state index contributed by atoms with van der Waals surface area (Å²) < 4.78 is 41.2. The largest absolute Gasteiger partial charge is 0.543 e. The SMILES string of the molecule is C[N+]1(C/C=C/C2=C(C(=O)[O-])N3C(=O)[C@@H](NC(=O)/C(=N\OCF)c4nsc(N)n4)[C@H]3SC2)CCN(S(N)(=O)=O)CC1. The fraction of sp³-hybridized carbons (Fsp3) is 0.500. The number of aliphatic carboxylic acids is 1. The molecule has 0 bridgehead atoms. The maximum atomic E-state index is 13.0. The van der Waals surface area contributed by atoms with Crippen LogP contribution in [0.2, 0.25) is 0 Å². The molecular weight excluding hydrogens is 593 g/mol. The number of oxime groups is 1. The van der Waals surface area contributed by atoms with E-state index in [-0.39, 0.29) is 35.5 Å². The predicted molar refractivity (Wildman–Crippen MR) is 140 cm³/mol. The number of quaternary nitrogens is 1. The molecule has 1 aromatic rings. The van der Waals surface area contributed by atoms with Crippen molar-refractivity contribution in [2.24, 2.45) is 10.3 Å². The van der Waals surface area contributed by atoms with E-state index < -0.39 is 52.0 Å². The third-order valence-electron chi connectivity index (χ3n) is 6.55. The number of allylic oxidation sites excluding steroid dienone is 1. The zero-order valence-electron chi connectivity index (χ0n) is 21.1. The third-order valence-corrected chi connectivity index (χ3v) is 9.48. The standard InChI is InChI=1S/C20H26FN9O7S3/c1-30(7-4-28(5-8-30)40(23,35)36)6-2-3-11-9-38-18-13(17(32)29(18)14(11)19(33)34)24-16(31)12(26-37-10-21)15-25-20(22)39-27-15/h2-3,13,18H,4-10H2,1H3,(H5-,22,23,24,25,27,31,33,34,35,36)/b3-2+,26-12-/t13-,18-/m1/s1. The van der Waals surface area contributed by atoms with Gasteiger partial charge in [0, 0.05) is 17.3 Å². The van der Waals surface area contributed by atoms with Gasteiger partial charge in [-0.3, -0.25) is 14.5 Å². The molecule has 0 aromatic carbocycles. The number of aromatic nitrogens is 2. The molecular formula is C20H26FN9O7S3. The van der Waals surface area contributed by atoms with Gasteiger partial charge in [-0.25, -0.2) is 9.53 Å². The molecule has 2 fully saturated rings. The number of halogens is 1. The molecule has 4 heterocycles. The Morgan fingerprint density at radius 2 is 2.08 bits per heavy atom. The lowest BCUT2D eigenvalue weighted by Gasteiger charge is -2.50. The molecule has 0 saturated carbocycles. The van der Waals surface area contributed by atoms with Gasteiger partial charge in [0.1, 0.15) is 11.4 Å². The van der Waals surface area contributed by atoms with Crippen molar-refractivity contribution in [2.75, 3.05) is 58.1 Å². The Hall–Kier alpha value is -3.17. The van der Waals surface area contributed by atoms with Gasteiger partial charge in [0.25, 0.3) is 28.9 Å². The van der Waals surface area contributed by atoms with E-state index in [0.29, 0.717) is 29.7 Å². The summed E-state index contributed by atoms with van der Waals surface area (Å²) in [6.07, 6.45) is 3.38. The minimum Gasteiger partial charge on any atom is -0.543 e. The highest BCUT2D eigenvalue weighted by molar-refractivity contribution is 8.00. The Bertz CT molecular complexity index is 1390. The van der Waals surface area contributed by atoms with Gasteiger partial charge in [0.2, 0.25) is 11.5 Å². The van der Waals surface area contributed by atoms with Gasteiger partial charge >= 0.3 is 0 Å². The molecule has 218 valence electrons. The van der Waals surface area contributed by atoms with Crippen molar-refractivity contribution in [3.05, 3.63) is 29.2 Å². The summed E-state index contributed by atoms with van der Waals surface area (Å²) in [5.74, 6) is -3.19. The number of nitrogens with two attached hydrogens (primary N) is 2. The Kier molecular flexibility index (Phi) is 8.75. The molecule has 3 aliphatic rings. The van der Waals surface area contributed by atoms with Crippen molar-refractivity contribution in [1.82, 2.24) is 23.9 Å². The van der Waals surface area contributed by atoms with Crippen LogP contribution in [0.15, 0.2) is 28.6 Å². The molecule has 5 N–H and O–H groups in total. The smallest absolute Gasteiger partial charge is 0.278 e. The van der Waals surface area contributed by atoms with E-state index in [1.165, 1.54) is 16.1 Å². The fourth-order valence-corrected chi connectivity index (χ4v) is 6.82. The number of β-lactam (4-membered cyclic amide) rings is 1. The molecule has 4 rings (SSSR count). The van der Waals surface area contributed by atoms with Crippen LogP contribution in [0, 0.1) is 0 Å². The lowest BCUT2D eigenvalue weighted by molar-refractivity contribution is -0.907. The number of carboxylic acid groups (broad SMARTS) is 1. The van der Waals surface area contributed by atoms with E-state index in [4.69, 9.17) is 10.9 Å². The number of alkyl halides is 1. The number of rotatable bonds is 10. The number of amides is 2. The maximum Gasteiger partial charge on any atom is 0.278 e. The zero-order valence-corrected chi connectivity index (χ0v) is 23.5. The number of fused-ring (bicyclic) bond motifs is 1. The van der Waals surface area contributed by atoms with Crippen molar-refractivity contribution in [1.29, 1.82) is 0 Å². The summed E-state index contributed by atoms with van der Waals surface area (Å²) in [6.45, 7) is 0.721. The molecule has 3 aliphatic heterocycles. The minimum atomic E-state index is -3.75.